The molecule has 1 aromatic carbocycles. The van der Waals surface area contributed by atoms with Crippen LogP contribution in [0.2, 0.25) is 10.0 Å². The minimum atomic E-state index is -0.216. The molecule has 0 bridgehead atoms. The molecule has 0 saturated carbocycles. The predicted molar refractivity (Wildman–Crippen MR) is 89.0 cm³/mol. The third kappa shape index (κ3) is 3.52. The van der Waals surface area contributed by atoms with Gasteiger partial charge >= 0.3 is 0 Å². The second-order valence-electron chi connectivity index (χ2n) is 5.42. The van der Waals surface area contributed by atoms with Gasteiger partial charge in [-0.15, -0.1) is 0 Å². The van der Waals surface area contributed by atoms with Gasteiger partial charge in [-0.05, 0) is 30.2 Å². The molecule has 1 amide bonds. The van der Waals surface area contributed by atoms with Crippen LogP contribution in [-0.4, -0.2) is 40.7 Å². The van der Waals surface area contributed by atoms with Crippen molar-refractivity contribution in [2.45, 2.75) is 19.4 Å². The van der Waals surface area contributed by atoms with Crippen LogP contribution in [0.15, 0.2) is 24.3 Å². The summed E-state index contributed by atoms with van der Waals surface area (Å²) in [5.74, 6) is -0.0886. The Labute approximate surface area is 144 Å². The zero-order valence-corrected chi connectivity index (χ0v) is 14.2. The third-order valence-electron chi connectivity index (χ3n) is 3.90. The standard InChI is InChI=1S/C16H17Cl2N3O2/c1-2-11-8-14(20-19-11)16(22)21-5-6-23-15(9-21)10-3-4-12(17)13(18)7-10/h3-4,7-8,15H,2,5-6,9H2,1H3,(H,19,20)/t15-/m1/s1. The van der Waals surface area contributed by atoms with Gasteiger partial charge in [0.15, 0.2) is 0 Å². The van der Waals surface area contributed by atoms with E-state index in [2.05, 4.69) is 10.2 Å². The fourth-order valence-corrected chi connectivity index (χ4v) is 2.87. The van der Waals surface area contributed by atoms with Crippen molar-refractivity contribution in [1.29, 1.82) is 0 Å². The van der Waals surface area contributed by atoms with E-state index < -0.39 is 0 Å². The summed E-state index contributed by atoms with van der Waals surface area (Å²) in [6.07, 6.45) is 0.599. The molecule has 122 valence electrons. The Balaban J connectivity index is 1.74. The smallest absolute Gasteiger partial charge is 0.274 e. The van der Waals surface area contributed by atoms with Crippen molar-refractivity contribution in [1.82, 2.24) is 15.1 Å². The highest BCUT2D eigenvalue weighted by atomic mass is 35.5. The Kier molecular flexibility index (Phi) is 4.90. The van der Waals surface area contributed by atoms with Crippen LogP contribution in [0.4, 0.5) is 0 Å². The van der Waals surface area contributed by atoms with Crippen LogP contribution in [0.25, 0.3) is 0 Å². The van der Waals surface area contributed by atoms with E-state index in [0.717, 1.165) is 17.7 Å². The van der Waals surface area contributed by atoms with Crippen LogP contribution in [0.5, 0.6) is 0 Å². The summed E-state index contributed by atoms with van der Waals surface area (Å²) in [6, 6.07) is 7.19. The maximum Gasteiger partial charge on any atom is 0.274 e. The van der Waals surface area contributed by atoms with Crippen LogP contribution >= 0.6 is 23.2 Å². The number of halogens is 2. The van der Waals surface area contributed by atoms with Gasteiger partial charge in [-0.25, -0.2) is 0 Å². The van der Waals surface area contributed by atoms with Crippen LogP contribution in [0.1, 0.15) is 34.8 Å². The molecule has 1 aliphatic rings. The van der Waals surface area contributed by atoms with E-state index in [4.69, 9.17) is 27.9 Å². The quantitative estimate of drug-likeness (QED) is 0.918. The first kappa shape index (κ1) is 16.3. The number of rotatable bonds is 3. The van der Waals surface area contributed by atoms with Crippen LogP contribution in [0.3, 0.4) is 0 Å². The van der Waals surface area contributed by atoms with E-state index in [1.54, 1.807) is 23.1 Å². The molecular weight excluding hydrogens is 337 g/mol. The lowest BCUT2D eigenvalue weighted by Gasteiger charge is -2.32. The Bertz CT molecular complexity index is 717. The molecule has 1 fully saturated rings. The van der Waals surface area contributed by atoms with Gasteiger partial charge in [-0.1, -0.05) is 36.2 Å². The minimum absolute atomic E-state index is 0.0886. The highest BCUT2D eigenvalue weighted by molar-refractivity contribution is 6.42. The number of benzene rings is 1. The summed E-state index contributed by atoms with van der Waals surface area (Å²) >= 11 is 12.0. The zero-order valence-electron chi connectivity index (χ0n) is 12.7. The first-order chi connectivity index (χ1) is 11.1. The lowest BCUT2D eigenvalue weighted by Crippen LogP contribution is -2.42. The number of nitrogens with one attached hydrogen (secondary N) is 1. The predicted octanol–water partition coefficient (Wildman–Crippen LogP) is 3.49. The molecule has 2 heterocycles. The SMILES string of the molecule is CCc1cc(C(=O)N2CCO[C@@H](c3ccc(Cl)c(Cl)c3)C2)n[nH]1. The molecule has 3 rings (SSSR count). The van der Waals surface area contributed by atoms with Gasteiger partial charge in [-0.3, -0.25) is 9.89 Å². The van der Waals surface area contributed by atoms with Gasteiger partial charge in [0.25, 0.3) is 5.91 Å². The number of hydrogen-bond donors (Lipinski definition) is 1. The summed E-state index contributed by atoms with van der Waals surface area (Å²) in [5, 5.41) is 7.95. The number of carbonyl (C=O) groups is 1. The van der Waals surface area contributed by atoms with Gasteiger partial charge in [0.2, 0.25) is 0 Å². The fraction of sp³-hybridized carbons (Fsp3) is 0.375. The van der Waals surface area contributed by atoms with E-state index in [9.17, 15) is 4.79 Å². The summed E-state index contributed by atoms with van der Waals surface area (Å²) in [6.45, 7) is 3.49. The Hall–Kier alpha value is -1.56. The topological polar surface area (TPSA) is 58.2 Å². The molecule has 0 radical (unpaired) electrons. The van der Waals surface area contributed by atoms with Crippen LogP contribution < -0.4 is 0 Å². The van der Waals surface area contributed by atoms with Crippen molar-refractivity contribution in [3.05, 3.63) is 51.3 Å². The number of H-pyrrole nitrogens is 1. The van der Waals surface area contributed by atoms with Crippen molar-refractivity contribution < 1.29 is 9.53 Å². The number of amides is 1. The molecule has 1 aliphatic heterocycles. The maximum atomic E-state index is 12.6. The number of nitrogens with zero attached hydrogens (tertiary/aromatic N) is 2. The summed E-state index contributed by atoms with van der Waals surface area (Å²) < 4.78 is 5.78. The Morgan fingerprint density at radius 1 is 1.39 bits per heavy atom. The molecule has 23 heavy (non-hydrogen) atoms. The number of hydrogen-bond acceptors (Lipinski definition) is 3. The number of morpholine rings is 1. The molecule has 0 aliphatic carbocycles. The third-order valence-corrected chi connectivity index (χ3v) is 4.64. The average molecular weight is 354 g/mol. The van der Waals surface area contributed by atoms with Gasteiger partial charge in [-0.2, -0.15) is 5.10 Å². The Morgan fingerprint density at radius 3 is 2.91 bits per heavy atom. The van der Waals surface area contributed by atoms with E-state index >= 15 is 0 Å². The summed E-state index contributed by atoms with van der Waals surface area (Å²) in [5.41, 5.74) is 2.30. The molecular formula is C16H17Cl2N3O2. The molecule has 1 atom stereocenters. The molecule has 2 aromatic rings. The Morgan fingerprint density at radius 2 is 2.22 bits per heavy atom. The van der Waals surface area contributed by atoms with Gasteiger partial charge in [0, 0.05) is 12.2 Å². The lowest BCUT2D eigenvalue weighted by molar-refractivity contribution is -0.0230. The average Bonchev–Trinajstić information content (AvgIpc) is 3.06. The van der Waals surface area contributed by atoms with Crippen LogP contribution in [0, 0.1) is 0 Å². The molecule has 1 saturated heterocycles. The van der Waals surface area contributed by atoms with Crippen molar-refractivity contribution in [3.63, 3.8) is 0 Å². The number of ether oxygens (including phenoxy) is 1. The van der Waals surface area contributed by atoms with Crippen molar-refractivity contribution >= 4 is 29.1 Å². The molecule has 1 N–H and O–H groups in total. The second-order valence-corrected chi connectivity index (χ2v) is 6.23. The first-order valence-electron chi connectivity index (χ1n) is 7.48. The van der Waals surface area contributed by atoms with E-state index in [-0.39, 0.29) is 12.0 Å². The molecule has 0 spiro atoms. The van der Waals surface area contributed by atoms with E-state index in [0.29, 0.717) is 35.4 Å². The maximum absolute atomic E-state index is 12.6. The number of carbonyl (C=O) groups excluding carboxylic acids is 1. The van der Waals surface area contributed by atoms with Crippen molar-refractivity contribution in [2.24, 2.45) is 0 Å². The largest absolute Gasteiger partial charge is 0.370 e. The highest BCUT2D eigenvalue weighted by Gasteiger charge is 2.27. The molecule has 5 nitrogen and oxygen atoms in total. The lowest BCUT2D eigenvalue weighted by atomic mass is 10.1. The van der Waals surface area contributed by atoms with Gasteiger partial charge in [0.1, 0.15) is 11.8 Å². The monoisotopic (exact) mass is 353 g/mol. The number of aryl methyl sites for hydroxylation is 1. The fourth-order valence-electron chi connectivity index (χ4n) is 2.56. The number of aromatic nitrogens is 2. The molecule has 0 unspecified atom stereocenters. The molecule has 7 heteroatoms. The molecule has 1 aromatic heterocycles. The van der Waals surface area contributed by atoms with Gasteiger partial charge < -0.3 is 9.64 Å². The van der Waals surface area contributed by atoms with Crippen LogP contribution in [-0.2, 0) is 11.2 Å². The summed E-state index contributed by atoms with van der Waals surface area (Å²) in [7, 11) is 0. The summed E-state index contributed by atoms with van der Waals surface area (Å²) in [4.78, 5) is 14.3. The normalized spacial score (nSPS) is 18.2. The first-order valence-corrected chi connectivity index (χ1v) is 8.24. The van der Waals surface area contributed by atoms with Crippen molar-refractivity contribution in [2.75, 3.05) is 19.7 Å². The van der Waals surface area contributed by atoms with Gasteiger partial charge in [0.05, 0.1) is 23.2 Å². The minimum Gasteiger partial charge on any atom is -0.370 e. The second kappa shape index (κ2) is 6.91. The van der Waals surface area contributed by atoms with Crippen molar-refractivity contribution in [3.8, 4) is 0 Å². The zero-order chi connectivity index (χ0) is 16.4. The number of aromatic amines is 1. The van der Waals surface area contributed by atoms with E-state index in [1.165, 1.54) is 0 Å². The highest BCUT2D eigenvalue weighted by Crippen LogP contribution is 2.29. The van der Waals surface area contributed by atoms with E-state index in [1.807, 2.05) is 13.0 Å².